The van der Waals surface area contributed by atoms with E-state index in [2.05, 4.69) is 26.7 Å². The van der Waals surface area contributed by atoms with Gasteiger partial charge in [-0.05, 0) is 42.2 Å². The number of carbonyl (C=O) groups excluding carboxylic acids is 1. The van der Waals surface area contributed by atoms with Crippen LogP contribution in [0.2, 0.25) is 0 Å². The quantitative estimate of drug-likeness (QED) is 0.766. The Morgan fingerprint density at radius 2 is 2.45 bits per heavy atom. The molecule has 0 unspecified atom stereocenters. The lowest BCUT2D eigenvalue weighted by Gasteiger charge is -2.19. The van der Waals surface area contributed by atoms with Gasteiger partial charge in [0.1, 0.15) is 6.26 Å². The average Bonchev–Trinajstić information content (AvgIpc) is 2.95. The normalized spacial score (nSPS) is 14.2. The van der Waals surface area contributed by atoms with Crippen molar-refractivity contribution in [2.45, 2.75) is 32.4 Å². The molecule has 0 amide bonds. The molecule has 5 nitrogen and oxygen atoms in total. The number of carbonyl (C=O) groups is 1. The lowest BCUT2D eigenvalue weighted by molar-refractivity contribution is 0.0519. The summed E-state index contributed by atoms with van der Waals surface area (Å²) >= 11 is 1.67. The van der Waals surface area contributed by atoms with E-state index < -0.39 is 5.97 Å². The highest BCUT2D eigenvalue weighted by atomic mass is 32.1. The molecule has 0 saturated heterocycles. The zero-order valence-corrected chi connectivity index (χ0v) is 12.1. The molecule has 2 aromatic heterocycles. The maximum atomic E-state index is 11.6. The molecule has 0 N–H and O–H groups in total. The minimum absolute atomic E-state index is 0.234. The van der Waals surface area contributed by atoms with E-state index in [0.29, 0.717) is 18.7 Å². The number of oxazole rings is 1. The molecule has 0 bridgehead atoms. The van der Waals surface area contributed by atoms with Gasteiger partial charge in [0.2, 0.25) is 0 Å². The van der Waals surface area contributed by atoms with Gasteiger partial charge in [-0.25, -0.2) is 4.79 Å². The van der Waals surface area contributed by atoms with Gasteiger partial charge in [0, 0.05) is 12.6 Å². The molecule has 3 rings (SSSR count). The molecule has 0 aromatic carbocycles. The SMILES string of the molecule is CCOC(=O)c1coc(N(Cc2ccsc2)C2CC2)n1. The van der Waals surface area contributed by atoms with Crippen LogP contribution in [0.4, 0.5) is 6.01 Å². The van der Waals surface area contributed by atoms with Crippen molar-refractivity contribution in [2.24, 2.45) is 0 Å². The van der Waals surface area contributed by atoms with Crippen LogP contribution in [-0.4, -0.2) is 23.6 Å². The molecule has 6 heteroatoms. The van der Waals surface area contributed by atoms with Crippen molar-refractivity contribution < 1.29 is 13.9 Å². The minimum Gasteiger partial charge on any atom is -0.461 e. The fourth-order valence-corrected chi connectivity index (χ4v) is 2.67. The molecule has 0 radical (unpaired) electrons. The van der Waals surface area contributed by atoms with Gasteiger partial charge < -0.3 is 14.1 Å². The lowest BCUT2D eigenvalue weighted by Crippen LogP contribution is -2.25. The number of esters is 1. The number of thiophene rings is 1. The summed E-state index contributed by atoms with van der Waals surface area (Å²) in [7, 11) is 0. The van der Waals surface area contributed by atoms with Crippen LogP contribution in [0, 0.1) is 0 Å². The van der Waals surface area contributed by atoms with E-state index in [4.69, 9.17) is 9.15 Å². The molecule has 2 aromatic rings. The first-order valence-electron chi connectivity index (χ1n) is 6.68. The maximum Gasteiger partial charge on any atom is 0.360 e. The monoisotopic (exact) mass is 292 g/mol. The van der Waals surface area contributed by atoms with Crippen LogP contribution in [0.15, 0.2) is 27.5 Å². The van der Waals surface area contributed by atoms with Gasteiger partial charge in [-0.1, -0.05) is 0 Å². The largest absolute Gasteiger partial charge is 0.461 e. The Bertz CT molecular complexity index is 575. The molecule has 106 valence electrons. The number of hydrogen-bond donors (Lipinski definition) is 0. The molecule has 0 spiro atoms. The second-order valence-electron chi connectivity index (χ2n) is 4.73. The maximum absolute atomic E-state index is 11.6. The number of ether oxygens (including phenoxy) is 1. The van der Waals surface area contributed by atoms with E-state index in [1.54, 1.807) is 18.3 Å². The third kappa shape index (κ3) is 2.85. The van der Waals surface area contributed by atoms with Gasteiger partial charge in [0.25, 0.3) is 6.01 Å². The summed E-state index contributed by atoms with van der Waals surface area (Å²) in [5.74, 6) is -0.436. The number of rotatable bonds is 6. The van der Waals surface area contributed by atoms with E-state index in [9.17, 15) is 4.79 Å². The Hall–Kier alpha value is -1.82. The molecular weight excluding hydrogens is 276 g/mol. The Morgan fingerprint density at radius 3 is 3.10 bits per heavy atom. The van der Waals surface area contributed by atoms with Gasteiger partial charge in [0.15, 0.2) is 5.69 Å². The topological polar surface area (TPSA) is 55.6 Å². The van der Waals surface area contributed by atoms with Gasteiger partial charge in [0.05, 0.1) is 6.61 Å². The van der Waals surface area contributed by atoms with Gasteiger partial charge in [-0.2, -0.15) is 16.3 Å². The molecule has 0 aliphatic heterocycles. The highest BCUT2D eigenvalue weighted by Gasteiger charge is 2.32. The van der Waals surface area contributed by atoms with Crippen LogP contribution < -0.4 is 4.90 Å². The van der Waals surface area contributed by atoms with Gasteiger partial charge in [-0.15, -0.1) is 0 Å². The van der Waals surface area contributed by atoms with Gasteiger partial charge in [-0.3, -0.25) is 0 Å². The highest BCUT2D eigenvalue weighted by Crippen LogP contribution is 2.33. The molecule has 20 heavy (non-hydrogen) atoms. The average molecular weight is 292 g/mol. The van der Waals surface area contributed by atoms with E-state index in [0.717, 1.165) is 19.4 Å². The van der Waals surface area contributed by atoms with Crippen molar-refractivity contribution in [3.8, 4) is 0 Å². The molecule has 0 atom stereocenters. The molecule has 1 aliphatic rings. The first kappa shape index (κ1) is 13.2. The first-order chi connectivity index (χ1) is 9.78. The predicted octanol–water partition coefficient (Wildman–Crippen LogP) is 3.08. The van der Waals surface area contributed by atoms with Crippen LogP contribution in [0.3, 0.4) is 0 Å². The second kappa shape index (κ2) is 5.66. The molecule has 1 fully saturated rings. The van der Waals surface area contributed by atoms with Crippen molar-refractivity contribution in [2.75, 3.05) is 11.5 Å². The number of anilines is 1. The molecular formula is C14H16N2O3S. The second-order valence-corrected chi connectivity index (χ2v) is 5.51. The van der Waals surface area contributed by atoms with Crippen LogP contribution >= 0.6 is 11.3 Å². The summed E-state index contributed by atoms with van der Waals surface area (Å²) in [6.07, 6.45) is 3.65. The smallest absolute Gasteiger partial charge is 0.360 e. The Balaban J connectivity index is 1.76. The Kier molecular flexibility index (Phi) is 3.73. The van der Waals surface area contributed by atoms with Crippen molar-refractivity contribution in [1.82, 2.24) is 4.98 Å². The number of hydrogen-bond acceptors (Lipinski definition) is 6. The van der Waals surface area contributed by atoms with Crippen LogP contribution in [0.1, 0.15) is 35.8 Å². The summed E-state index contributed by atoms with van der Waals surface area (Å²) in [5.41, 5.74) is 1.47. The van der Waals surface area contributed by atoms with Gasteiger partial charge >= 0.3 is 5.97 Å². The van der Waals surface area contributed by atoms with Crippen molar-refractivity contribution >= 4 is 23.3 Å². The fraction of sp³-hybridized carbons (Fsp3) is 0.429. The summed E-state index contributed by atoms with van der Waals surface area (Å²) in [6.45, 7) is 2.87. The van der Waals surface area contributed by atoms with E-state index >= 15 is 0 Å². The summed E-state index contributed by atoms with van der Waals surface area (Å²) in [4.78, 5) is 18.0. The fourth-order valence-electron chi connectivity index (χ4n) is 2.01. The van der Waals surface area contributed by atoms with Crippen LogP contribution in [0.5, 0.6) is 0 Å². The highest BCUT2D eigenvalue weighted by molar-refractivity contribution is 7.07. The van der Waals surface area contributed by atoms with Crippen molar-refractivity contribution in [3.63, 3.8) is 0 Å². The third-order valence-corrected chi connectivity index (χ3v) is 3.88. The van der Waals surface area contributed by atoms with Crippen LogP contribution in [0.25, 0.3) is 0 Å². The minimum atomic E-state index is -0.436. The summed E-state index contributed by atoms with van der Waals surface area (Å²) in [5, 5.41) is 4.17. The zero-order chi connectivity index (χ0) is 13.9. The first-order valence-corrected chi connectivity index (χ1v) is 7.62. The van der Waals surface area contributed by atoms with Crippen molar-refractivity contribution in [3.05, 3.63) is 34.3 Å². The third-order valence-electron chi connectivity index (χ3n) is 3.14. The summed E-state index contributed by atoms with van der Waals surface area (Å²) in [6, 6.07) is 3.06. The number of nitrogens with zero attached hydrogens (tertiary/aromatic N) is 2. The summed E-state index contributed by atoms with van der Waals surface area (Å²) < 4.78 is 10.4. The van der Waals surface area contributed by atoms with E-state index in [1.807, 2.05) is 0 Å². The molecule has 1 aliphatic carbocycles. The Labute approximate surface area is 121 Å². The molecule has 2 heterocycles. The predicted molar refractivity (Wildman–Crippen MR) is 76.0 cm³/mol. The van der Waals surface area contributed by atoms with E-state index in [1.165, 1.54) is 11.8 Å². The number of aromatic nitrogens is 1. The lowest BCUT2D eigenvalue weighted by atomic mass is 10.3. The van der Waals surface area contributed by atoms with Crippen molar-refractivity contribution in [1.29, 1.82) is 0 Å². The van der Waals surface area contributed by atoms with Crippen LogP contribution in [-0.2, 0) is 11.3 Å². The van der Waals surface area contributed by atoms with E-state index in [-0.39, 0.29) is 5.69 Å². The zero-order valence-electron chi connectivity index (χ0n) is 11.2. The molecule has 1 saturated carbocycles. The Morgan fingerprint density at radius 1 is 1.60 bits per heavy atom. The standard InChI is InChI=1S/C14H16N2O3S/c1-2-18-13(17)12-8-19-14(15-12)16(11-3-4-11)7-10-5-6-20-9-10/h5-6,8-9,11H,2-4,7H2,1H3.